The van der Waals surface area contributed by atoms with Crippen molar-refractivity contribution in [1.29, 1.82) is 0 Å². The molecular formula is C22H23NO7S. The molecule has 2 aromatic carbocycles. The number of ether oxygens (including phenoxy) is 2. The molecule has 0 amide bonds. The number of oxime groups is 1. The monoisotopic (exact) mass is 445 g/mol. The SMILES string of the molecule is CC(=O)O/N=C(\C)C(=O)c1ccc(Sc2ccc(C(=O)OCCOCCO)cc2)cc1. The molecule has 31 heavy (non-hydrogen) atoms. The number of benzene rings is 2. The lowest BCUT2D eigenvalue weighted by Gasteiger charge is -2.07. The predicted molar refractivity (Wildman–Crippen MR) is 114 cm³/mol. The molecule has 0 saturated carbocycles. The zero-order chi connectivity index (χ0) is 22.6. The normalized spacial score (nSPS) is 11.1. The van der Waals surface area contributed by atoms with Crippen molar-refractivity contribution in [2.75, 3.05) is 26.4 Å². The second-order valence-corrected chi connectivity index (χ2v) is 7.36. The molecule has 0 saturated heterocycles. The smallest absolute Gasteiger partial charge is 0.338 e. The van der Waals surface area contributed by atoms with E-state index in [0.717, 1.165) is 9.79 Å². The first kappa shape index (κ1) is 24.3. The van der Waals surface area contributed by atoms with Gasteiger partial charge in [0.05, 0.1) is 25.4 Å². The lowest BCUT2D eigenvalue weighted by Crippen LogP contribution is -2.12. The van der Waals surface area contributed by atoms with Crippen LogP contribution in [0.3, 0.4) is 0 Å². The highest BCUT2D eigenvalue weighted by molar-refractivity contribution is 7.99. The molecule has 2 aromatic rings. The van der Waals surface area contributed by atoms with E-state index in [2.05, 4.69) is 9.99 Å². The molecule has 0 radical (unpaired) electrons. The van der Waals surface area contributed by atoms with E-state index in [0.29, 0.717) is 11.1 Å². The quantitative estimate of drug-likeness (QED) is 0.140. The molecule has 0 aliphatic rings. The molecule has 1 N–H and O–H groups in total. The molecule has 0 fully saturated rings. The Morgan fingerprint density at radius 1 is 0.871 bits per heavy atom. The number of rotatable bonds is 11. The van der Waals surface area contributed by atoms with E-state index in [1.54, 1.807) is 48.5 Å². The van der Waals surface area contributed by atoms with Crippen molar-refractivity contribution in [3.63, 3.8) is 0 Å². The van der Waals surface area contributed by atoms with E-state index in [4.69, 9.17) is 14.6 Å². The van der Waals surface area contributed by atoms with E-state index in [1.165, 1.54) is 25.6 Å². The largest absolute Gasteiger partial charge is 0.460 e. The summed E-state index contributed by atoms with van der Waals surface area (Å²) >= 11 is 1.47. The summed E-state index contributed by atoms with van der Waals surface area (Å²) in [5, 5.41) is 12.1. The first-order chi connectivity index (χ1) is 14.9. The summed E-state index contributed by atoms with van der Waals surface area (Å²) in [5.41, 5.74) is 0.937. The average Bonchev–Trinajstić information content (AvgIpc) is 2.77. The van der Waals surface area contributed by atoms with Gasteiger partial charge in [-0.15, -0.1) is 0 Å². The molecule has 0 aliphatic heterocycles. The number of aliphatic hydroxyl groups excluding tert-OH is 1. The maximum absolute atomic E-state index is 12.3. The lowest BCUT2D eigenvalue weighted by molar-refractivity contribution is -0.140. The zero-order valence-electron chi connectivity index (χ0n) is 17.2. The first-order valence-electron chi connectivity index (χ1n) is 9.41. The lowest BCUT2D eigenvalue weighted by atomic mass is 10.1. The number of esters is 1. The molecule has 0 aromatic heterocycles. The summed E-state index contributed by atoms with van der Waals surface area (Å²) in [7, 11) is 0. The maximum Gasteiger partial charge on any atom is 0.338 e. The van der Waals surface area contributed by atoms with Crippen molar-refractivity contribution in [3.05, 3.63) is 59.7 Å². The van der Waals surface area contributed by atoms with E-state index in [-0.39, 0.29) is 37.9 Å². The minimum Gasteiger partial charge on any atom is -0.460 e. The molecule has 9 heteroatoms. The summed E-state index contributed by atoms with van der Waals surface area (Å²) < 4.78 is 10.1. The van der Waals surface area contributed by atoms with Gasteiger partial charge in [0.2, 0.25) is 5.78 Å². The van der Waals surface area contributed by atoms with Gasteiger partial charge in [0.25, 0.3) is 0 Å². The number of carbonyl (C=O) groups excluding carboxylic acids is 3. The van der Waals surface area contributed by atoms with E-state index >= 15 is 0 Å². The van der Waals surface area contributed by atoms with Crippen molar-refractivity contribution < 1.29 is 33.8 Å². The van der Waals surface area contributed by atoms with Crippen molar-refractivity contribution in [1.82, 2.24) is 0 Å². The van der Waals surface area contributed by atoms with Crippen LogP contribution < -0.4 is 0 Å². The Kier molecular flexibility index (Phi) is 9.89. The molecular weight excluding hydrogens is 422 g/mol. The van der Waals surface area contributed by atoms with Gasteiger partial charge in [-0.25, -0.2) is 9.59 Å². The molecule has 0 spiro atoms. The van der Waals surface area contributed by atoms with Crippen LogP contribution >= 0.6 is 11.8 Å². The maximum atomic E-state index is 12.3. The fourth-order valence-electron chi connectivity index (χ4n) is 2.30. The third-order valence-corrected chi connectivity index (χ3v) is 4.79. The summed E-state index contributed by atoms with van der Waals surface area (Å²) in [6.45, 7) is 3.16. The molecule has 0 unspecified atom stereocenters. The highest BCUT2D eigenvalue weighted by Gasteiger charge is 2.11. The topological polar surface area (TPSA) is 111 Å². The third-order valence-electron chi connectivity index (χ3n) is 3.78. The van der Waals surface area contributed by atoms with Crippen LogP contribution in [0.4, 0.5) is 0 Å². The van der Waals surface area contributed by atoms with Crippen LogP contribution in [0.15, 0.2) is 63.5 Å². The van der Waals surface area contributed by atoms with Gasteiger partial charge in [0.1, 0.15) is 12.3 Å². The zero-order valence-corrected chi connectivity index (χ0v) is 18.0. The van der Waals surface area contributed by atoms with Gasteiger partial charge in [-0.3, -0.25) is 4.79 Å². The van der Waals surface area contributed by atoms with Gasteiger partial charge in [0.15, 0.2) is 0 Å². The minimum absolute atomic E-state index is 0.0733. The van der Waals surface area contributed by atoms with Gasteiger partial charge >= 0.3 is 11.9 Å². The molecule has 0 bridgehead atoms. The fourth-order valence-corrected chi connectivity index (χ4v) is 3.11. The number of hydrogen-bond donors (Lipinski definition) is 1. The predicted octanol–water partition coefficient (Wildman–Crippen LogP) is 3.13. The third kappa shape index (κ3) is 8.33. The fraction of sp³-hybridized carbons (Fsp3) is 0.273. The van der Waals surface area contributed by atoms with E-state index < -0.39 is 11.9 Å². The summed E-state index contributed by atoms with van der Waals surface area (Å²) in [6, 6.07) is 13.9. The van der Waals surface area contributed by atoms with Gasteiger partial charge < -0.3 is 19.4 Å². The molecule has 0 heterocycles. The number of nitrogens with zero attached hydrogens (tertiary/aromatic N) is 1. The highest BCUT2D eigenvalue weighted by atomic mass is 32.2. The highest BCUT2D eigenvalue weighted by Crippen LogP contribution is 2.28. The molecule has 0 aliphatic carbocycles. The standard InChI is InChI=1S/C22H23NO7S/c1-15(23-30-16(2)25)21(26)17-3-7-19(8-4-17)31-20-9-5-18(6-10-20)22(27)29-14-13-28-12-11-24/h3-10,24H,11-14H2,1-2H3/b23-15+. The van der Waals surface area contributed by atoms with Gasteiger partial charge in [-0.05, 0) is 55.5 Å². The van der Waals surface area contributed by atoms with Crippen molar-refractivity contribution in [3.8, 4) is 0 Å². The Balaban J connectivity index is 1.90. The van der Waals surface area contributed by atoms with E-state index in [9.17, 15) is 14.4 Å². The molecule has 0 atom stereocenters. The van der Waals surface area contributed by atoms with Crippen molar-refractivity contribution in [2.45, 2.75) is 23.6 Å². The second kappa shape index (κ2) is 12.6. The Morgan fingerprint density at radius 3 is 2.00 bits per heavy atom. The number of carbonyl (C=O) groups is 3. The average molecular weight is 445 g/mol. The summed E-state index contributed by atoms with van der Waals surface area (Å²) in [5.74, 6) is -1.37. The number of aliphatic hydroxyl groups is 1. The number of hydrogen-bond acceptors (Lipinski definition) is 9. The van der Waals surface area contributed by atoms with Crippen LogP contribution in [0.1, 0.15) is 34.6 Å². The van der Waals surface area contributed by atoms with Crippen LogP contribution in [-0.2, 0) is 19.1 Å². The Morgan fingerprint density at radius 2 is 1.45 bits per heavy atom. The summed E-state index contributed by atoms with van der Waals surface area (Å²) in [4.78, 5) is 41.3. The van der Waals surface area contributed by atoms with Crippen LogP contribution in [0.5, 0.6) is 0 Å². The van der Waals surface area contributed by atoms with Crippen molar-refractivity contribution >= 4 is 35.2 Å². The first-order valence-corrected chi connectivity index (χ1v) is 10.2. The Hall–Kier alpha value is -3.01. The van der Waals surface area contributed by atoms with Crippen molar-refractivity contribution in [2.24, 2.45) is 5.16 Å². The summed E-state index contributed by atoms with van der Waals surface area (Å²) in [6.07, 6.45) is 0. The Bertz CT molecular complexity index is 924. The number of ketones is 1. The second-order valence-electron chi connectivity index (χ2n) is 6.21. The van der Waals surface area contributed by atoms with E-state index in [1.807, 2.05) is 0 Å². The minimum atomic E-state index is -0.592. The van der Waals surface area contributed by atoms with Crippen LogP contribution in [0, 0.1) is 0 Å². The van der Waals surface area contributed by atoms with Crippen LogP contribution in [0.2, 0.25) is 0 Å². The molecule has 164 valence electrons. The van der Waals surface area contributed by atoms with Gasteiger partial charge in [-0.1, -0.05) is 16.9 Å². The molecule has 2 rings (SSSR count). The van der Waals surface area contributed by atoms with Gasteiger partial charge in [-0.2, -0.15) is 0 Å². The van der Waals surface area contributed by atoms with Crippen LogP contribution in [-0.4, -0.2) is 55.0 Å². The van der Waals surface area contributed by atoms with Crippen LogP contribution in [0.25, 0.3) is 0 Å². The Labute approximate surface area is 184 Å². The van der Waals surface area contributed by atoms with Gasteiger partial charge in [0, 0.05) is 22.3 Å². The molecule has 8 nitrogen and oxygen atoms in total. The number of Topliss-reactive ketones (excluding diaryl/α,β-unsaturated/α-hetero) is 1.